The van der Waals surface area contributed by atoms with Crippen LogP contribution in [-0.4, -0.2) is 38.9 Å². The smallest absolute Gasteiger partial charge is 0.150 e. The van der Waals surface area contributed by atoms with Crippen molar-refractivity contribution >= 4 is 21.4 Å². The molecule has 0 aromatic rings. The van der Waals surface area contributed by atoms with Crippen molar-refractivity contribution in [1.82, 2.24) is 5.32 Å². The first-order chi connectivity index (χ1) is 8.59. The van der Waals surface area contributed by atoms with E-state index in [-0.39, 0.29) is 5.75 Å². The largest absolute Gasteiger partial charge is 0.316 e. The quantitative estimate of drug-likeness (QED) is 0.553. The Bertz CT molecular complexity index is 319. The molecule has 2 unspecified atom stereocenters. The molecule has 2 atom stereocenters. The maximum atomic E-state index is 11.3. The highest BCUT2D eigenvalue weighted by Crippen LogP contribution is 2.30. The van der Waals surface area contributed by atoms with Crippen LogP contribution in [0.1, 0.15) is 39.0 Å². The third-order valence-electron chi connectivity index (χ3n) is 3.92. The highest BCUT2D eigenvalue weighted by molar-refractivity contribution is 7.91. The van der Waals surface area contributed by atoms with E-state index in [0.29, 0.717) is 24.0 Å². The van der Waals surface area contributed by atoms with E-state index in [1.165, 1.54) is 25.7 Å². The minimum atomic E-state index is -2.80. The summed E-state index contributed by atoms with van der Waals surface area (Å²) in [6, 6.07) is 0. The van der Waals surface area contributed by atoms with E-state index in [0.717, 1.165) is 19.0 Å². The minimum Gasteiger partial charge on any atom is -0.316 e. The van der Waals surface area contributed by atoms with E-state index in [4.69, 9.17) is 11.6 Å². The molecule has 1 fully saturated rings. The summed E-state index contributed by atoms with van der Waals surface area (Å²) in [6.45, 7) is 3.49. The van der Waals surface area contributed by atoms with Crippen molar-refractivity contribution in [2.75, 3.05) is 30.5 Å². The summed E-state index contributed by atoms with van der Waals surface area (Å²) in [4.78, 5) is 0. The van der Waals surface area contributed by atoms with Crippen LogP contribution in [0, 0.1) is 11.8 Å². The average molecular weight is 296 g/mol. The lowest BCUT2D eigenvalue weighted by Crippen LogP contribution is -2.32. The Kier molecular flexibility index (Phi) is 7.57. The van der Waals surface area contributed by atoms with Crippen molar-refractivity contribution in [2.24, 2.45) is 11.8 Å². The third-order valence-corrected chi connectivity index (χ3v) is 6.11. The van der Waals surface area contributed by atoms with Crippen LogP contribution < -0.4 is 5.32 Å². The van der Waals surface area contributed by atoms with Crippen LogP contribution in [0.4, 0.5) is 0 Å². The van der Waals surface area contributed by atoms with Gasteiger partial charge >= 0.3 is 0 Å². The predicted octanol–water partition coefficient (Wildman–Crippen LogP) is 2.45. The summed E-state index contributed by atoms with van der Waals surface area (Å²) in [7, 11) is -2.80. The van der Waals surface area contributed by atoms with E-state index in [1.807, 2.05) is 0 Å². The Morgan fingerprint density at radius 3 is 2.50 bits per heavy atom. The Balaban J connectivity index is 2.13. The lowest BCUT2D eigenvalue weighted by Gasteiger charge is -2.30. The van der Waals surface area contributed by atoms with Crippen molar-refractivity contribution < 1.29 is 8.42 Å². The number of sulfone groups is 1. The molecule has 3 nitrogen and oxygen atoms in total. The number of rotatable bonds is 8. The molecular formula is C13H26ClNO2S. The van der Waals surface area contributed by atoms with Gasteiger partial charge in [0.15, 0.2) is 0 Å². The number of nitrogens with one attached hydrogen (secondary N) is 1. The van der Waals surface area contributed by atoms with Gasteiger partial charge in [-0.25, -0.2) is 8.42 Å². The lowest BCUT2D eigenvalue weighted by molar-refractivity contribution is 0.251. The molecule has 1 saturated carbocycles. The van der Waals surface area contributed by atoms with E-state index >= 15 is 0 Å². The van der Waals surface area contributed by atoms with E-state index in [9.17, 15) is 8.42 Å². The molecule has 5 heteroatoms. The standard InChI is InChI=1S/C13H26ClNO2S/c1-2-18(16,17)9-5-8-15-11-13-7-4-3-6-12(13)10-14/h12-13,15H,2-11H2,1H3. The van der Waals surface area contributed by atoms with Crippen LogP contribution in [0.5, 0.6) is 0 Å². The van der Waals surface area contributed by atoms with Gasteiger partial charge in [-0.05, 0) is 44.2 Å². The second kappa shape index (κ2) is 8.39. The van der Waals surface area contributed by atoms with Crippen LogP contribution in [0.2, 0.25) is 0 Å². The lowest BCUT2D eigenvalue weighted by atomic mass is 9.80. The zero-order chi connectivity index (χ0) is 13.4. The van der Waals surface area contributed by atoms with Gasteiger partial charge in [-0.15, -0.1) is 11.6 Å². The van der Waals surface area contributed by atoms with Gasteiger partial charge in [-0.1, -0.05) is 19.8 Å². The van der Waals surface area contributed by atoms with Crippen molar-refractivity contribution in [1.29, 1.82) is 0 Å². The Morgan fingerprint density at radius 2 is 1.89 bits per heavy atom. The first kappa shape index (κ1) is 16.3. The van der Waals surface area contributed by atoms with Crippen LogP contribution >= 0.6 is 11.6 Å². The van der Waals surface area contributed by atoms with Gasteiger partial charge in [-0.2, -0.15) is 0 Å². The summed E-state index contributed by atoms with van der Waals surface area (Å²) in [5.74, 6) is 2.65. The molecule has 108 valence electrons. The number of alkyl halides is 1. The van der Waals surface area contributed by atoms with Crippen molar-refractivity contribution in [3.8, 4) is 0 Å². The summed E-state index contributed by atoms with van der Waals surface area (Å²) < 4.78 is 22.6. The Morgan fingerprint density at radius 1 is 1.22 bits per heavy atom. The van der Waals surface area contributed by atoms with Gasteiger partial charge in [0.2, 0.25) is 0 Å². The van der Waals surface area contributed by atoms with Gasteiger partial charge in [0.25, 0.3) is 0 Å². The maximum absolute atomic E-state index is 11.3. The van der Waals surface area contributed by atoms with E-state index < -0.39 is 9.84 Å². The first-order valence-electron chi connectivity index (χ1n) is 7.06. The predicted molar refractivity (Wildman–Crippen MR) is 78.0 cm³/mol. The molecule has 1 aliphatic rings. The molecule has 0 aromatic heterocycles. The molecule has 1 N–H and O–H groups in total. The second-order valence-corrected chi connectivity index (χ2v) is 8.03. The van der Waals surface area contributed by atoms with Crippen LogP contribution in [0.3, 0.4) is 0 Å². The van der Waals surface area contributed by atoms with Gasteiger partial charge in [0, 0.05) is 11.6 Å². The molecule has 0 spiro atoms. The molecular weight excluding hydrogens is 270 g/mol. The normalized spacial score (nSPS) is 25.2. The van der Waals surface area contributed by atoms with Crippen molar-refractivity contribution in [2.45, 2.75) is 39.0 Å². The van der Waals surface area contributed by atoms with Gasteiger partial charge < -0.3 is 5.32 Å². The van der Waals surface area contributed by atoms with Gasteiger partial charge in [-0.3, -0.25) is 0 Å². The molecule has 0 saturated heterocycles. The molecule has 18 heavy (non-hydrogen) atoms. The molecule has 1 rings (SSSR count). The molecule has 1 aliphatic carbocycles. The van der Waals surface area contributed by atoms with E-state index in [1.54, 1.807) is 6.92 Å². The number of hydrogen-bond acceptors (Lipinski definition) is 3. The van der Waals surface area contributed by atoms with Crippen LogP contribution in [0.15, 0.2) is 0 Å². The fourth-order valence-corrected chi connectivity index (χ4v) is 3.88. The topological polar surface area (TPSA) is 46.2 Å². The number of hydrogen-bond donors (Lipinski definition) is 1. The Labute approximate surface area is 117 Å². The summed E-state index contributed by atoms with van der Waals surface area (Å²) in [5, 5.41) is 3.39. The van der Waals surface area contributed by atoms with Crippen molar-refractivity contribution in [3.05, 3.63) is 0 Å². The monoisotopic (exact) mass is 295 g/mol. The molecule has 0 amide bonds. The van der Waals surface area contributed by atoms with Gasteiger partial charge in [0.1, 0.15) is 9.84 Å². The summed E-state index contributed by atoms with van der Waals surface area (Å²) >= 11 is 5.99. The molecule has 0 aliphatic heterocycles. The highest BCUT2D eigenvalue weighted by atomic mass is 35.5. The molecule has 0 radical (unpaired) electrons. The average Bonchev–Trinajstić information content (AvgIpc) is 2.38. The van der Waals surface area contributed by atoms with E-state index in [2.05, 4.69) is 5.32 Å². The first-order valence-corrected chi connectivity index (χ1v) is 9.41. The van der Waals surface area contributed by atoms with Gasteiger partial charge in [0.05, 0.1) is 5.75 Å². The fourth-order valence-electron chi connectivity index (χ4n) is 2.61. The van der Waals surface area contributed by atoms with Crippen molar-refractivity contribution in [3.63, 3.8) is 0 Å². The fraction of sp³-hybridized carbons (Fsp3) is 1.00. The summed E-state index contributed by atoms with van der Waals surface area (Å²) in [6.07, 6.45) is 5.85. The second-order valence-electron chi connectivity index (χ2n) is 5.25. The zero-order valence-electron chi connectivity index (χ0n) is 11.3. The molecule has 0 heterocycles. The van der Waals surface area contributed by atoms with Crippen LogP contribution in [0.25, 0.3) is 0 Å². The zero-order valence-corrected chi connectivity index (χ0v) is 12.9. The molecule has 0 bridgehead atoms. The molecule has 0 aromatic carbocycles. The minimum absolute atomic E-state index is 0.254. The maximum Gasteiger partial charge on any atom is 0.150 e. The highest BCUT2D eigenvalue weighted by Gasteiger charge is 2.23. The third kappa shape index (κ3) is 5.89. The SMILES string of the molecule is CCS(=O)(=O)CCCNCC1CCCCC1CCl. The van der Waals surface area contributed by atoms with Crippen LogP contribution in [-0.2, 0) is 9.84 Å². The number of halogens is 1. The summed E-state index contributed by atoms with van der Waals surface area (Å²) in [5.41, 5.74) is 0. The Hall–Kier alpha value is 0.200.